The van der Waals surface area contributed by atoms with Crippen molar-refractivity contribution < 1.29 is 24.3 Å². The molecule has 0 bridgehead atoms. The third-order valence-electron chi connectivity index (χ3n) is 7.20. The van der Waals surface area contributed by atoms with Crippen LogP contribution in [-0.4, -0.2) is 28.7 Å². The van der Waals surface area contributed by atoms with E-state index in [1.165, 1.54) is 4.90 Å². The minimum Gasteiger partial charge on any atom is -0.392 e. The van der Waals surface area contributed by atoms with E-state index in [1.807, 2.05) is 32.0 Å². The molecule has 4 aromatic carbocycles. The SMILES string of the molecule is CCc1cccc(C)c1N1C(=O)c2ccc3c4c(ccc(c24)C1=O)C(=O)N(c1ccc(CO)cc1)C3=O. The highest BCUT2D eigenvalue weighted by Crippen LogP contribution is 2.41. The summed E-state index contributed by atoms with van der Waals surface area (Å²) >= 11 is 0. The van der Waals surface area contributed by atoms with Gasteiger partial charge in [0.25, 0.3) is 23.6 Å². The van der Waals surface area contributed by atoms with Gasteiger partial charge in [-0.2, -0.15) is 0 Å². The zero-order valence-corrected chi connectivity index (χ0v) is 20.2. The fourth-order valence-electron chi connectivity index (χ4n) is 5.39. The third-order valence-corrected chi connectivity index (χ3v) is 7.20. The average Bonchev–Trinajstić information content (AvgIpc) is 2.91. The van der Waals surface area contributed by atoms with E-state index in [0.29, 0.717) is 34.1 Å². The van der Waals surface area contributed by atoms with E-state index >= 15 is 0 Å². The molecule has 0 spiro atoms. The van der Waals surface area contributed by atoms with Gasteiger partial charge in [0.1, 0.15) is 0 Å². The van der Waals surface area contributed by atoms with Gasteiger partial charge in [0, 0.05) is 33.0 Å². The van der Waals surface area contributed by atoms with Crippen LogP contribution in [0.1, 0.15) is 65.0 Å². The van der Waals surface area contributed by atoms with Gasteiger partial charge in [-0.3, -0.25) is 19.2 Å². The highest BCUT2D eigenvalue weighted by atomic mass is 16.3. The highest BCUT2D eigenvalue weighted by molar-refractivity contribution is 6.42. The van der Waals surface area contributed by atoms with Gasteiger partial charge < -0.3 is 5.11 Å². The number of aryl methyl sites for hydroxylation is 2. The Bertz CT molecular complexity index is 1620. The molecule has 2 aliphatic rings. The van der Waals surface area contributed by atoms with E-state index in [-0.39, 0.29) is 28.9 Å². The number of hydrogen-bond acceptors (Lipinski definition) is 5. The summed E-state index contributed by atoms with van der Waals surface area (Å²) in [5.41, 5.74) is 4.35. The lowest BCUT2D eigenvalue weighted by molar-refractivity contribution is 0.0872. The van der Waals surface area contributed by atoms with Crippen molar-refractivity contribution in [3.63, 3.8) is 0 Å². The first-order valence-corrected chi connectivity index (χ1v) is 12.0. The van der Waals surface area contributed by atoms with Crippen LogP contribution in [0.5, 0.6) is 0 Å². The lowest BCUT2D eigenvalue weighted by atomic mass is 9.85. The molecule has 2 heterocycles. The molecule has 7 nitrogen and oxygen atoms in total. The van der Waals surface area contributed by atoms with Gasteiger partial charge in [0.2, 0.25) is 0 Å². The Labute approximate surface area is 212 Å². The molecular formula is C30H22N2O5. The number of amides is 4. The fourth-order valence-corrected chi connectivity index (χ4v) is 5.39. The van der Waals surface area contributed by atoms with E-state index in [2.05, 4.69) is 0 Å². The Balaban J connectivity index is 1.54. The van der Waals surface area contributed by atoms with Crippen molar-refractivity contribution in [2.24, 2.45) is 0 Å². The topological polar surface area (TPSA) is 95.0 Å². The van der Waals surface area contributed by atoms with Crippen LogP contribution < -0.4 is 9.80 Å². The first-order valence-electron chi connectivity index (χ1n) is 12.0. The Morgan fingerprint density at radius 3 is 1.59 bits per heavy atom. The summed E-state index contributed by atoms with van der Waals surface area (Å²) in [5, 5.41) is 9.99. The maximum atomic E-state index is 13.8. The van der Waals surface area contributed by atoms with Gasteiger partial charge >= 0.3 is 0 Å². The normalized spacial score (nSPS) is 14.7. The molecule has 2 aliphatic heterocycles. The number of carbonyl (C=O) groups is 4. The number of aliphatic hydroxyl groups is 1. The molecule has 182 valence electrons. The summed E-state index contributed by atoms with van der Waals surface area (Å²) in [7, 11) is 0. The number of hydrogen-bond donors (Lipinski definition) is 1. The summed E-state index contributed by atoms with van der Waals surface area (Å²) in [5.74, 6) is -2.03. The Kier molecular flexibility index (Phi) is 5.07. The third kappa shape index (κ3) is 3.11. The summed E-state index contributed by atoms with van der Waals surface area (Å²) < 4.78 is 0. The first kappa shape index (κ1) is 22.8. The fraction of sp³-hybridized carbons (Fsp3) is 0.133. The summed E-state index contributed by atoms with van der Waals surface area (Å²) in [6.07, 6.45) is 0.645. The van der Waals surface area contributed by atoms with Crippen molar-refractivity contribution in [2.75, 3.05) is 9.80 Å². The van der Waals surface area contributed by atoms with Crippen LogP contribution in [-0.2, 0) is 13.0 Å². The molecule has 0 aliphatic carbocycles. The minimum atomic E-state index is -0.535. The van der Waals surface area contributed by atoms with E-state index in [9.17, 15) is 24.3 Å². The second kappa shape index (κ2) is 8.21. The van der Waals surface area contributed by atoms with Crippen molar-refractivity contribution in [2.45, 2.75) is 26.9 Å². The molecule has 0 aromatic heterocycles. The lowest BCUT2D eigenvalue weighted by Crippen LogP contribution is -2.44. The van der Waals surface area contributed by atoms with E-state index in [1.54, 1.807) is 48.5 Å². The lowest BCUT2D eigenvalue weighted by Gasteiger charge is -2.33. The van der Waals surface area contributed by atoms with Gasteiger partial charge in [-0.15, -0.1) is 0 Å². The van der Waals surface area contributed by atoms with Gasteiger partial charge in [-0.05, 0) is 66.4 Å². The predicted molar refractivity (Wildman–Crippen MR) is 139 cm³/mol. The smallest absolute Gasteiger partial charge is 0.266 e. The quantitative estimate of drug-likeness (QED) is 0.415. The zero-order valence-electron chi connectivity index (χ0n) is 20.2. The molecule has 0 fully saturated rings. The number of anilines is 2. The van der Waals surface area contributed by atoms with E-state index in [0.717, 1.165) is 16.0 Å². The monoisotopic (exact) mass is 490 g/mol. The zero-order chi connectivity index (χ0) is 26.0. The van der Waals surface area contributed by atoms with E-state index < -0.39 is 23.6 Å². The van der Waals surface area contributed by atoms with Crippen molar-refractivity contribution in [1.29, 1.82) is 0 Å². The minimum absolute atomic E-state index is 0.156. The number of benzene rings is 4. The van der Waals surface area contributed by atoms with Crippen LogP contribution in [0.15, 0.2) is 66.7 Å². The van der Waals surface area contributed by atoms with Gasteiger partial charge in [-0.1, -0.05) is 37.3 Å². The first-order chi connectivity index (χ1) is 17.9. The highest BCUT2D eigenvalue weighted by Gasteiger charge is 2.41. The Morgan fingerprint density at radius 2 is 1.14 bits per heavy atom. The second-order valence-corrected chi connectivity index (χ2v) is 9.22. The number of para-hydroxylation sites is 1. The number of aliphatic hydroxyl groups excluding tert-OH is 1. The molecular weight excluding hydrogens is 468 g/mol. The number of nitrogens with zero attached hydrogens (tertiary/aromatic N) is 2. The van der Waals surface area contributed by atoms with Crippen LogP contribution >= 0.6 is 0 Å². The molecule has 4 aromatic rings. The van der Waals surface area contributed by atoms with Crippen molar-refractivity contribution >= 4 is 45.8 Å². The van der Waals surface area contributed by atoms with Crippen molar-refractivity contribution in [3.8, 4) is 0 Å². The maximum absolute atomic E-state index is 13.8. The maximum Gasteiger partial charge on any atom is 0.266 e. The molecule has 0 atom stereocenters. The predicted octanol–water partition coefficient (Wildman–Crippen LogP) is 4.80. The Hall–Kier alpha value is -4.62. The summed E-state index contributed by atoms with van der Waals surface area (Å²) in [6.45, 7) is 3.68. The number of rotatable bonds is 4. The molecule has 37 heavy (non-hydrogen) atoms. The molecule has 7 heteroatoms. The Morgan fingerprint density at radius 1 is 0.649 bits per heavy atom. The molecule has 6 rings (SSSR count). The average molecular weight is 491 g/mol. The van der Waals surface area contributed by atoms with Gasteiger partial charge in [0.05, 0.1) is 18.0 Å². The van der Waals surface area contributed by atoms with Gasteiger partial charge in [-0.25, -0.2) is 9.80 Å². The molecule has 0 saturated heterocycles. The van der Waals surface area contributed by atoms with Crippen molar-refractivity contribution in [1.82, 2.24) is 0 Å². The van der Waals surface area contributed by atoms with Crippen LogP contribution in [0.25, 0.3) is 10.8 Å². The second-order valence-electron chi connectivity index (χ2n) is 9.22. The van der Waals surface area contributed by atoms with Crippen molar-refractivity contribution in [3.05, 3.63) is 106 Å². The number of imide groups is 2. The number of carbonyl (C=O) groups excluding carboxylic acids is 4. The largest absolute Gasteiger partial charge is 0.392 e. The van der Waals surface area contributed by atoms with Crippen LogP contribution in [0.3, 0.4) is 0 Å². The summed E-state index contributed by atoms with van der Waals surface area (Å²) in [6, 6.07) is 18.4. The van der Waals surface area contributed by atoms with E-state index in [4.69, 9.17) is 0 Å². The van der Waals surface area contributed by atoms with Crippen LogP contribution in [0, 0.1) is 6.92 Å². The van der Waals surface area contributed by atoms with Gasteiger partial charge in [0.15, 0.2) is 0 Å². The molecule has 0 radical (unpaired) electrons. The molecule has 0 unspecified atom stereocenters. The molecule has 0 saturated carbocycles. The standard InChI is InChI=1S/C30H22N2O5/c1-3-18-6-4-5-16(2)26(18)32-29(36)22-13-11-20-24-21(12-14-23(25(22)24)30(32)37)28(35)31(27(20)34)19-9-7-17(15-33)8-10-19/h4-14,33H,3,15H2,1-2H3. The summed E-state index contributed by atoms with van der Waals surface area (Å²) in [4.78, 5) is 57.0. The van der Waals surface area contributed by atoms with Crippen LogP contribution in [0.2, 0.25) is 0 Å². The molecule has 1 N–H and O–H groups in total. The van der Waals surface area contributed by atoms with Crippen LogP contribution in [0.4, 0.5) is 11.4 Å². The molecule has 4 amide bonds.